The van der Waals surface area contributed by atoms with Crippen LogP contribution in [0.3, 0.4) is 0 Å². The largest absolute Gasteiger partial charge is 0.497 e. The van der Waals surface area contributed by atoms with E-state index < -0.39 is 0 Å². The molecule has 7 nitrogen and oxygen atoms in total. The highest BCUT2D eigenvalue weighted by molar-refractivity contribution is 5.74. The molecule has 0 radical (unpaired) electrons. The van der Waals surface area contributed by atoms with Crippen LogP contribution in [0.2, 0.25) is 0 Å². The van der Waals surface area contributed by atoms with Crippen molar-refractivity contribution in [2.45, 2.75) is 39.5 Å². The molecule has 0 aliphatic rings. The fourth-order valence-electron chi connectivity index (χ4n) is 3.02. The number of nitrogens with one attached hydrogen (secondary N) is 1. The summed E-state index contributed by atoms with van der Waals surface area (Å²) in [6.45, 7) is 5.40. The number of hydrogen-bond donors (Lipinski definition) is 1. The van der Waals surface area contributed by atoms with Crippen molar-refractivity contribution in [3.8, 4) is 5.75 Å². The molecule has 0 atom stereocenters. The monoisotopic (exact) mass is 393 g/mol. The van der Waals surface area contributed by atoms with E-state index in [0.29, 0.717) is 19.6 Å². The van der Waals surface area contributed by atoms with Crippen molar-refractivity contribution in [1.82, 2.24) is 24.8 Å². The van der Waals surface area contributed by atoms with Gasteiger partial charge in [-0.05, 0) is 43.2 Å². The first-order valence-electron chi connectivity index (χ1n) is 9.62. The molecule has 2 aromatic heterocycles. The number of imidazole rings is 1. The lowest BCUT2D eigenvalue weighted by atomic mass is 10.2. The molecule has 0 unspecified atom stereocenters. The summed E-state index contributed by atoms with van der Waals surface area (Å²) in [4.78, 5) is 23.2. The molecular formula is C22H27N5O2. The van der Waals surface area contributed by atoms with E-state index in [1.807, 2.05) is 61.0 Å². The Hall–Kier alpha value is -3.35. The number of hydrogen-bond acceptors (Lipinski definition) is 4. The van der Waals surface area contributed by atoms with Gasteiger partial charge < -0.3 is 19.5 Å². The molecule has 0 spiro atoms. The lowest BCUT2D eigenvalue weighted by Gasteiger charge is -2.24. The second-order valence-corrected chi connectivity index (χ2v) is 7.14. The predicted octanol–water partition coefficient (Wildman–Crippen LogP) is 3.46. The van der Waals surface area contributed by atoms with Gasteiger partial charge in [-0.15, -0.1) is 0 Å². The lowest BCUT2D eigenvalue weighted by molar-refractivity contribution is 0.187. The Morgan fingerprint density at radius 2 is 2.00 bits per heavy atom. The average Bonchev–Trinajstić information content (AvgIpc) is 3.14. The number of amides is 2. The number of rotatable bonds is 8. The number of benzene rings is 1. The zero-order chi connectivity index (χ0) is 20.6. The summed E-state index contributed by atoms with van der Waals surface area (Å²) in [5.74, 6) is 1.63. The SMILES string of the molecule is COc1cccc(Cn2ccnc2CN(Cc2cccnc2)C(=O)NC(C)C)c1. The number of nitrogens with zero attached hydrogens (tertiary/aromatic N) is 4. The van der Waals surface area contributed by atoms with Crippen molar-refractivity contribution < 1.29 is 9.53 Å². The smallest absolute Gasteiger partial charge is 0.318 e. The Balaban J connectivity index is 1.78. The molecule has 2 amide bonds. The quantitative estimate of drug-likeness (QED) is 0.636. The maximum atomic E-state index is 12.8. The molecule has 7 heteroatoms. The Labute approximate surface area is 171 Å². The number of carbonyl (C=O) groups is 1. The Morgan fingerprint density at radius 3 is 2.72 bits per heavy atom. The van der Waals surface area contributed by atoms with Crippen molar-refractivity contribution in [3.05, 3.63) is 78.1 Å². The molecule has 29 heavy (non-hydrogen) atoms. The number of urea groups is 1. The molecule has 152 valence electrons. The first kappa shape index (κ1) is 20.4. The predicted molar refractivity (Wildman–Crippen MR) is 111 cm³/mol. The van der Waals surface area contributed by atoms with Gasteiger partial charge in [-0.25, -0.2) is 9.78 Å². The van der Waals surface area contributed by atoms with E-state index in [-0.39, 0.29) is 12.1 Å². The maximum absolute atomic E-state index is 12.8. The Kier molecular flexibility index (Phi) is 6.84. The minimum Gasteiger partial charge on any atom is -0.497 e. The second kappa shape index (κ2) is 9.73. The van der Waals surface area contributed by atoms with Gasteiger partial charge in [0, 0.05) is 43.9 Å². The highest BCUT2D eigenvalue weighted by Gasteiger charge is 2.18. The van der Waals surface area contributed by atoms with Gasteiger partial charge in [0.1, 0.15) is 11.6 Å². The first-order valence-corrected chi connectivity index (χ1v) is 9.62. The molecule has 0 saturated carbocycles. The van der Waals surface area contributed by atoms with Crippen molar-refractivity contribution in [2.24, 2.45) is 0 Å². The van der Waals surface area contributed by atoms with E-state index in [1.54, 1.807) is 30.6 Å². The summed E-state index contributed by atoms with van der Waals surface area (Å²) in [5.41, 5.74) is 2.08. The normalized spacial score (nSPS) is 10.8. The average molecular weight is 393 g/mol. The van der Waals surface area contributed by atoms with Crippen LogP contribution in [0.1, 0.15) is 30.8 Å². The first-order chi connectivity index (χ1) is 14.0. The standard InChI is InChI=1S/C22H27N5O2/c1-17(2)25-22(28)27(15-19-7-5-9-23-13-19)16-21-24-10-11-26(21)14-18-6-4-8-20(12-18)29-3/h4-13,17H,14-16H2,1-3H3,(H,25,28). The van der Waals surface area contributed by atoms with Crippen LogP contribution in [-0.4, -0.2) is 38.6 Å². The van der Waals surface area contributed by atoms with Gasteiger partial charge in [0.15, 0.2) is 0 Å². The fourth-order valence-corrected chi connectivity index (χ4v) is 3.02. The van der Waals surface area contributed by atoms with E-state index in [9.17, 15) is 4.79 Å². The van der Waals surface area contributed by atoms with Crippen LogP contribution in [-0.2, 0) is 19.6 Å². The van der Waals surface area contributed by atoms with Crippen LogP contribution in [0.25, 0.3) is 0 Å². The number of aromatic nitrogens is 3. The van der Waals surface area contributed by atoms with Crippen LogP contribution >= 0.6 is 0 Å². The lowest BCUT2D eigenvalue weighted by Crippen LogP contribution is -2.42. The number of methoxy groups -OCH3 is 1. The van der Waals surface area contributed by atoms with Crippen LogP contribution in [0.5, 0.6) is 5.75 Å². The van der Waals surface area contributed by atoms with Crippen LogP contribution in [0, 0.1) is 0 Å². The Bertz CT molecular complexity index is 924. The van der Waals surface area contributed by atoms with Gasteiger partial charge in [-0.3, -0.25) is 4.98 Å². The number of pyridine rings is 1. The van der Waals surface area contributed by atoms with Crippen molar-refractivity contribution in [3.63, 3.8) is 0 Å². The summed E-state index contributed by atoms with van der Waals surface area (Å²) in [6.07, 6.45) is 7.19. The molecule has 0 aliphatic carbocycles. The molecule has 2 heterocycles. The van der Waals surface area contributed by atoms with Crippen molar-refractivity contribution in [2.75, 3.05) is 7.11 Å². The van der Waals surface area contributed by atoms with Crippen molar-refractivity contribution in [1.29, 1.82) is 0 Å². The van der Waals surface area contributed by atoms with E-state index in [1.165, 1.54) is 0 Å². The molecular weight excluding hydrogens is 366 g/mol. The highest BCUT2D eigenvalue weighted by Crippen LogP contribution is 2.15. The molecule has 3 rings (SSSR count). The summed E-state index contributed by atoms with van der Waals surface area (Å²) >= 11 is 0. The molecule has 1 aromatic carbocycles. The van der Waals surface area contributed by atoms with Crippen LogP contribution in [0.15, 0.2) is 61.2 Å². The zero-order valence-electron chi connectivity index (χ0n) is 17.1. The molecule has 0 fully saturated rings. The van der Waals surface area contributed by atoms with Crippen LogP contribution in [0.4, 0.5) is 4.79 Å². The maximum Gasteiger partial charge on any atom is 0.318 e. The third kappa shape index (κ3) is 5.81. The third-order valence-corrected chi connectivity index (χ3v) is 4.42. The minimum absolute atomic E-state index is 0.0513. The molecule has 1 N–H and O–H groups in total. The molecule has 0 saturated heterocycles. The van der Waals surface area contributed by atoms with Gasteiger partial charge in [0.2, 0.25) is 0 Å². The second-order valence-electron chi connectivity index (χ2n) is 7.14. The topological polar surface area (TPSA) is 72.3 Å². The molecule has 3 aromatic rings. The minimum atomic E-state index is -0.125. The Morgan fingerprint density at radius 1 is 1.17 bits per heavy atom. The molecule has 0 aliphatic heterocycles. The summed E-state index contributed by atoms with van der Waals surface area (Å²) in [6, 6.07) is 11.7. The third-order valence-electron chi connectivity index (χ3n) is 4.42. The van der Waals surface area contributed by atoms with E-state index in [2.05, 4.69) is 15.3 Å². The van der Waals surface area contributed by atoms with Gasteiger partial charge in [0.25, 0.3) is 0 Å². The highest BCUT2D eigenvalue weighted by atomic mass is 16.5. The number of carbonyl (C=O) groups excluding carboxylic acids is 1. The van der Waals surface area contributed by atoms with Gasteiger partial charge >= 0.3 is 6.03 Å². The zero-order valence-corrected chi connectivity index (χ0v) is 17.1. The molecule has 0 bridgehead atoms. The van der Waals surface area contributed by atoms with E-state index in [0.717, 1.165) is 22.7 Å². The van der Waals surface area contributed by atoms with E-state index in [4.69, 9.17) is 4.74 Å². The van der Waals surface area contributed by atoms with Crippen molar-refractivity contribution >= 4 is 6.03 Å². The van der Waals surface area contributed by atoms with Gasteiger partial charge in [0.05, 0.1) is 13.7 Å². The number of ether oxygens (including phenoxy) is 1. The van der Waals surface area contributed by atoms with Gasteiger partial charge in [-0.1, -0.05) is 18.2 Å². The fraction of sp³-hybridized carbons (Fsp3) is 0.318. The van der Waals surface area contributed by atoms with E-state index >= 15 is 0 Å². The summed E-state index contributed by atoms with van der Waals surface area (Å²) in [7, 11) is 1.66. The van der Waals surface area contributed by atoms with Crippen LogP contribution < -0.4 is 10.1 Å². The van der Waals surface area contributed by atoms with Gasteiger partial charge in [-0.2, -0.15) is 0 Å². The summed E-state index contributed by atoms with van der Waals surface area (Å²) < 4.78 is 7.36. The summed E-state index contributed by atoms with van der Waals surface area (Å²) in [5, 5.41) is 2.97.